The summed E-state index contributed by atoms with van der Waals surface area (Å²) in [5.41, 5.74) is 4.24. The number of aromatic nitrogens is 2. The van der Waals surface area contributed by atoms with Gasteiger partial charge >= 0.3 is 0 Å². The lowest BCUT2D eigenvalue weighted by Crippen LogP contribution is -2.35. The molecular weight excluding hydrogens is 423 g/mol. The summed E-state index contributed by atoms with van der Waals surface area (Å²) in [5, 5.41) is 7.53. The molecule has 1 aliphatic heterocycles. The first-order valence-corrected chi connectivity index (χ1v) is 10.8. The second-order valence-electron chi connectivity index (χ2n) is 8.05. The van der Waals surface area contributed by atoms with Crippen LogP contribution in [0.1, 0.15) is 21.6 Å². The molecule has 0 aliphatic carbocycles. The predicted molar refractivity (Wildman–Crippen MR) is 122 cm³/mol. The Morgan fingerprint density at radius 3 is 2.70 bits per heavy atom. The minimum Gasteiger partial charge on any atom is -0.379 e. The number of ether oxygens (including phenoxy) is 1. The molecule has 168 valence electrons. The Kier molecular flexibility index (Phi) is 5.85. The number of amides is 1. The number of hydrogen-bond acceptors (Lipinski definition) is 6. The molecule has 0 radical (unpaired) electrons. The number of pyridine rings is 1. The topological polar surface area (TPSA) is 80.5 Å². The van der Waals surface area contributed by atoms with Gasteiger partial charge in [0.25, 0.3) is 11.6 Å². The van der Waals surface area contributed by atoms with Crippen LogP contribution in [-0.4, -0.2) is 47.3 Å². The van der Waals surface area contributed by atoms with Crippen molar-refractivity contribution in [1.82, 2.24) is 15.0 Å². The van der Waals surface area contributed by atoms with Gasteiger partial charge < -0.3 is 14.6 Å². The molecule has 2 aromatic heterocycles. The molecule has 33 heavy (non-hydrogen) atoms. The van der Waals surface area contributed by atoms with Crippen molar-refractivity contribution in [2.24, 2.45) is 0 Å². The van der Waals surface area contributed by atoms with Crippen LogP contribution in [-0.2, 0) is 11.3 Å². The molecular formula is C25H23FN4O3. The van der Waals surface area contributed by atoms with E-state index >= 15 is 0 Å². The number of halogens is 1. The largest absolute Gasteiger partial charge is 0.379 e. The van der Waals surface area contributed by atoms with Crippen molar-refractivity contribution in [2.75, 3.05) is 31.6 Å². The number of carbonyl (C=O) groups excluding carboxylic acids is 1. The number of anilines is 1. The number of nitrogens with zero attached hydrogens (tertiary/aromatic N) is 3. The Hall–Kier alpha value is -3.62. The summed E-state index contributed by atoms with van der Waals surface area (Å²) in [7, 11) is 0. The molecule has 1 saturated heterocycles. The van der Waals surface area contributed by atoms with Crippen molar-refractivity contribution >= 4 is 22.7 Å². The van der Waals surface area contributed by atoms with Crippen molar-refractivity contribution < 1.29 is 18.4 Å². The van der Waals surface area contributed by atoms with Gasteiger partial charge in [-0.1, -0.05) is 17.3 Å². The molecule has 0 unspecified atom stereocenters. The zero-order chi connectivity index (χ0) is 22.8. The Morgan fingerprint density at radius 2 is 1.91 bits per heavy atom. The van der Waals surface area contributed by atoms with Crippen LogP contribution >= 0.6 is 0 Å². The lowest BCUT2D eigenvalue weighted by Gasteiger charge is -2.26. The van der Waals surface area contributed by atoms with E-state index in [1.807, 2.05) is 24.3 Å². The molecule has 1 N–H and O–H groups in total. The van der Waals surface area contributed by atoms with Gasteiger partial charge in [-0.15, -0.1) is 0 Å². The van der Waals surface area contributed by atoms with Crippen LogP contribution in [0.5, 0.6) is 0 Å². The Morgan fingerprint density at radius 1 is 1.12 bits per heavy atom. The highest BCUT2D eigenvalue weighted by molar-refractivity contribution is 6.13. The average Bonchev–Trinajstić information content (AvgIpc) is 3.20. The summed E-state index contributed by atoms with van der Waals surface area (Å²) < 4.78 is 24.1. The van der Waals surface area contributed by atoms with Gasteiger partial charge in [0.2, 0.25) is 0 Å². The van der Waals surface area contributed by atoms with Crippen LogP contribution < -0.4 is 5.32 Å². The summed E-state index contributed by atoms with van der Waals surface area (Å²) >= 11 is 0. The molecule has 0 atom stereocenters. The predicted octanol–water partition coefficient (Wildman–Crippen LogP) is 4.42. The third-order valence-corrected chi connectivity index (χ3v) is 5.70. The Bertz CT molecular complexity index is 1300. The average molecular weight is 446 g/mol. The zero-order valence-corrected chi connectivity index (χ0v) is 18.2. The lowest BCUT2D eigenvalue weighted by molar-refractivity contribution is 0.0342. The normalized spacial score (nSPS) is 14.5. The maximum atomic E-state index is 13.4. The van der Waals surface area contributed by atoms with Gasteiger partial charge in [0.15, 0.2) is 0 Å². The van der Waals surface area contributed by atoms with E-state index < -0.39 is 0 Å². The van der Waals surface area contributed by atoms with E-state index in [2.05, 4.69) is 20.4 Å². The number of rotatable bonds is 5. The summed E-state index contributed by atoms with van der Waals surface area (Å²) in [5.74, 6) is -0.633. The van der Waals surface area contributed by atoms with Crippen LogP contribution in [0.3, 0.4) is 0 Å². The Balaban J connectivity index is 1.44. The Labute approximate surface area is 190 Å². The first-order valence-electron chi connectivity index (χ1n) is 10.8. The van der Waals surface area contributed by atoms with Gasteiger partial charge in [0, 0.05) is 30.9 Å². The van der Waals surface area contributed by atoms with Gasteiger partial charge in [0.05, 0.1) is 35.6 Å². The second kappa shape index (κ2) is 9.09. The fourth-order valence-corrected chi connectivity index (χ4v) is 4.01. The molecule has 1 aliphatic rings. The van der Waals surface area contributed by atoms with Crippen LogP contribution in [0, 0.1) is 12.7 Å². The van der Waals surface area contributed by atoms with Gasteiger partial charge in [-0.3, -0.25) is 9.69 Å². The van der Waals surface area contributed by atoms with Crippen molar-refractivity contribution in [3.05, 3.63) is 77.2 Å². The van der Waals surface area contributed by atoms with E-state index in [0.29, 0.717) is 33.6 Å². The lowest BCUT2D eigenvalue weighted by atomic mass is 10.0. The van der Waals surface area contributed by atoms with Crippen LogP contribution in [0.25, 0.3) is 22.4 Å². The number of fused-ring (bicyclic) bond motifs is 1. The van der Waals surface area contributed by atoms with Gasteiger partial charge in [-0.05, 0) is 55.0 Å². The van der Waals surface area contributed by atoms with Crippen LogP contribution in [0.4, 0.5) is 10.1 Å². The second-order valence-corrected chi connectivity index (χ2v) is 8.05. The number of benzene rings is 2. The maximum absolute atomic E-state index is 13.4. The summed E-state index contributed by atoms with van der Waals surface area (Å²) in [6, 6.07) is 15.4. The van der Waals surface area contributed by atoms with Gasteiger partial charge in [-0.2, -0.15) is 0 Å². The zero-order valence-electron chi connectivity index (χ0n) is 18.2. The molecule has 3 heterocycles. The third-order valence-electron chi connectivity index (χ3n) is 5.70. The highest BCUT2D eigenvalue weighted by Gasteiger charge is 2.20. The van der Waals surface area contributed by atoms with Crippen molar-refractivity contribution in [3.8, 4) is 11.3 Å². The molecule has 8 heteroatoms. The summed E-state index contributed by atoms with van der Waals surface area (Å²) in [6.07, 6.45) is 0. The molecule has 7 nitrogen and oxygen atoms in total. The van der Waals surface area contributed by atoms with Crippen molar-refractivity contribution in [2.45, 2.75) is 13.5 Å². The minimum atomic E-state index is -0.342. The monoisotopic (exact) mass is 446 g/mol. The minimum absolute atomic E-state index is 0.264. The first kappa shape index (κ1) is 21.2. The number of aryl methyl sites for hydroxylation is 1. The first-order chi connectivity index (χ1) is 16.1. The number of carbonyl (C=O) groups is 1. The molecule has 1 fully saturated rings. The molecule has 1 amide bonds. The van der Waals surface area contributed by atoms with Crippen molar-refractivity contribution in [1.29, 1.82) is 0 Å². The molecule has 0 saturated carbocycles. The van der Waals surface area contributed by atoms with E-state index in [1.54, 1.807) is 25.1 Å². The fourth-order valence-electron chi connectivity index (χ4n) is 4.01. The number of nitrogens with one attached hydrogen (secondary N) is 1. The highest BCUT2D eigenvalue weighted by Crippen LogP contribution is 2.28. The van der Waals surface area contributed by atoms with E-state index in [-0.39, 0.29) is 17.4 Å². The quantitative estimate of drug-likeness (QED) is 0.489. The molecule has 0 spiro atoms. The number of morpholine rings is 1. The molecule has 2 aromatic carbocycles. The SMILES string of the molecule is Cc1noc2nc(-c3ccc(F)cc3)cc(C(=O)Nc3cccc(CN4CCOCC4)c3)c12. The highest BCUT2D eigenvalue weighted by atomic mass is 19.1. The van der Waals surface area contributed by atoms with Gasteiger partial charge in [-0.25, -0.2) is 9.37 Å². The standard InChI is InChI=1S/C25H23FN4O3/c1-16-23-21(14-22(28-25(23)33-29-16)18-5-7-19(26)8-6-18)24(31)27-20-4-2-3-17(13-20)15-30-9-11-32-12-10-30/h2-8,13-14H,9-12,15H2,1H3,(H,27,31). The maximum Gasteiger partial charge on any atom is 0.259 e. The number of hydrogen-bond donors (Lipinski definition) is 1. The van der Waals surface area contributed by atoms with E-state index in [9.17, 15) is 9.18 Å². The fraction of sp³-hybridized carbons (Fsp3) is 0.240. The van der Waals surface area contributed by atoms with Crippen LogP contribution in [0.2, 0.25) is 0 Å². The molecule has 0 bridgehead atoms. The van der Waals surface area contributed by atoms with Crippen LogP contribution in [0.15, 0.2) is 59.1 Å². The van der Waals surface area contributed by atoms with Crippen molar-refractivity contribution in [3.63, 3.8) is 0 Å². The van der Waals surface area contributed by atoms with E-state index in [0.717, 1.165) is 38.4 Å². The molecule has 4 aromatic rings. The third kappa shape index (κ3) is 4.62. The summed E-state index contributed by atoms with van der Waals surface area (Å²) in [4.78, 5) is 20.1. The van der Waals surface area contributed by atoms with E-state index in [4.69, 9.17) is 9.26 Å². The summed E-state index contributed by atoms with van der Waals surface area (Å²) in [6.45, 7) is 5.83. The van der Waals surface area contributed by atoms with Gasteiger partial charge in [0.1, 0.15) is 5.82 Å². The smallest absolute Gasteiger partial charge is 0.259 e. The van der Waals surface area contributed by atoms with E-state index in [1.165, 1.54) is 12.1 Å². The molecule has 5 rings (SSSR count).